The molecule has 0 aliphatic heterocycles. The molecule has 2 amide bonds. The van der Waals surface area contributed by atoms with Crippen molar-refractivity contribution in [3.63, 3.8) is 0 Å². The smallest absolute Gasteiger partial charge is 0.279 e. The molecule has 0 bridgehead atoms. The van der Waals surface area contributed by atoms with Crippen LogP contribution in [0.2, 0.25) is 0 Å². The number of rotatable bonds is 6. The van der Waals surface area contributed by atoms with Gasteiger partial charge in [0.2, 0.25) is 0 Å². The topological polar surface area (TPSA) is 76.7 Å². The first-order valence-electron chi connectivity index (χ1n) is 7.60. The summed E-state index contributed by atoms with van der Waals surface area (Å²) in [4.78, 5) is 23.9. The van der Waals surface area contributed by atoms with Crippen LogP contribution in [-0.4, -0.2) is 25.0 Å². The number of benzene rings is 2. The molecule has 2 aromatic rings. The lowest BCUT2D eigenvalue weighted by Crippen LogP contribution is -2.47. The van der Waals surface area contributed by atoms with Gasteiger partial charge in [0.1, 0.15) is 11.6 Å². The molecule has 0 aliphatic carbocycles. The quantitative estimate of drug-likeness (QED) is 0.786. The largest absolute Gasteiger partial charge is 0.481 e. The van der Waals surface area contributed by atoms with Crippen molar-refractivity contribution in [2.24, 2.45) is 0 Å². The summed E-state index contributed by atoms with van der Waals surface area (Å²) in [6, 6.07) is 12.1. The van der Waals surface area contributed by atoms with Crippen LogP contribution in [0.1, 0.15) is 22.8 Å². The third-order valence-electron chi connectivity index (χ3n) is 3.32. The molecule has 2 aromatic carbocycles. The molecule has 7 heteroatoms. The Balaban J connectivity index is 1.83. The first kappa shape index (κ1) is 18.4. The molecule has 0 radical (unpaired) electrons. The van der Waals surface area contributed by atoms with E-state index in [1.165, 1.54) is 31.2 Å². The van der Waals surface area contributed by atoms with Gasteiger partial charge in [-0.15, -0.1) is 0 Å². The van der Waals surface area contributed by atoms with Crippen molar-refractivity contribution in [3.8, 4) is 5.75 Å². The van der Waals surface area contributed by atoms with Gasteiger partial charge in [-0.3, -0.25) is 20.4 Å². The molecule has 132 valence electrons. The lowest BCUT2D eigenvalue weighted by molar-refractivity contribution is -0.128. The number of amides is 2. The molecule has 0 aromatic heterocycles. The van der Waals surface area contributed by atoms with E-state index in [1.54, 1.807) is 31.4 Å². The second-order valence-corrected chi connectivity index (χ2v) is 5.29. The second kappa shape index (κ2) is 8.79. The SMILES string of the molecule is COCc1ccc(C(=O)NNC(=O)C(C)Oc2ccc(F)cc2)cc1. The lowest BCUT2D eigenvalue weighted by atomic mass is 10.1. The highest BCUT2D eigenvalue weighted by Gasteiger charge is 2.16. The predicted molar refractivity (Wildman–Crippen MR) is 89.3 cm³/mol. The van der Waals surface area contributed by atoms with E-state index >= 15 is 0 Å². The van der Waals surface area contributed by atoms with Crippen LogP contribution in [0.4, 0.5) is 4.39 Å². The van der Waals surface area contributed by atoms with Gasteiger partial charge in [0.25, 0.3) is 11.8 Å². The molecule has 0 saturated heterocycles. The van der Waals surface area contributed by atoms with E-state index in [0.29, 0.717) is 17.9 Å². The molecule has 2 N–H and O–H groups in total. The van der Waals surface area contributed by atoms with Crippen LogP contribution in [0.3, 0.4) is 0 Å². The highest BCUT2D eigenvalue weighted by Crippen LogP contribution is 2.13. The summed E-state index contributed by atoms with van der Waals surface area (Å²) in [5, 5.41) is 0. The van der Waals surface area contributed by atoms with Gasteiger partial charge < -0.3 is 9.47 Å². The monoisotopic (exact) mass is 346 g/mol. The van der Waals surface area contributed by atoms with E-state index in [2.05, 4.69) is 10.9 Å². The molecule has 1 unspecified atom stereocenters. The Morgan fingerprint density at radius 1 is 1.04 bits per heavy atom. The number of methoxy groups -OCH3 is 1. The summed E-state index contributed by atoms with van der Waals surface area (Å²) in [5.41, 5.74) is 5.94. The molecular formula is C18H19FN2O4. The zero-order valence-corrected chi connectivity index (χ0v) is 13.9. The summed E-state index contributed by atoms with van der Waals surface area (Å²) in [7, 11) is 1.59. The lowest BCUT2D eigenvalue weighted by Gasteiger charge is -2.15. The van der Waals surface area contributed by atoms with E-state index in [4.69, 9.17) is 9.47 Å². The van der Waals surface area contributed by atoms with Gasteiger partial charge in [0, 0.05) is 12.7 Å². The molecule has 2 rings (SSSR count). The number of nitrogens with one attached hydrogen (secondary N) is 2. The molecule has 0 saturated carbocycles. The minimum Gasteiger partial charge on any atom is -0.481 e. The predicted octanol–water partition coefficient (Wildman–Crippen LogP) is 2.20. The summed E-state index contributed by atoms with van der Waals surface area (Å²) < 4.78 is 23.2. The fourth-order valence-electron chi connectivity index (χ4n) is 1.98. The van der Waals surface area contributed by atoms with Gasteiger partial charge in [0.05, 0.1) is 6.61 Å². The van der Waals surface area contributed by atoms with Crippen LogP contribution in [0.25, 0.3) is 0 Å². The van der Waals surface area contributed by atoms with Crippen LogP contribution in [0, 0.1) is 5.82 Å². The van der Waals surface area contributed by atoms with E-state index < -0.39 is 23.7 Å². The van der Waals surface area contributed by atoms with Crippen molar-refractivity contribution in [1.29, 1.82) is 0 Å². The fourth-order valence-corrected chi connectivity index (χ4v) is 1.98. The van der Waals surface area contributed by atoms with Crippen LogP contribution < -0.4 is 15.6 Å². The Bertz CT molecular complexity index is 717. The average Bonchev–Trinajstić information content (AvgIpc) is 2.62. The number of halogens is 1. The average molecular weight is 346 g/mol. The summed E-state index contributed by atoms with van der Waals surface area (Å²) >= 11 is 0. The van der Waals surface area contributed by atoms with Crippen molar-refractivity contribution >= 4 is 11.8 Å². The normalized spacial score (nSPS) is 11.5. The number of hydrogen-bond acceptors (Lipinski definition) is 4. The van der Waals surface area contributed by atoms with E-state index in [-0.39, 0.29) is 0 Å². The van der Waals surface area contributed by atoms with Crippen molar-refractivity contribution in [2.45, 2.75) is 19.6 Å². The Hall–Kier alpha value is -2.93. The number of carbonyl (C=O) groups excluding carboxylic acids is 2. The summed E-state index contributed by atoms with van der Waals surface area (Å²) in [5.74, 6) is -1.03. The maximum Gasteiger partial charge on any atom is 0.279 e. The number of hydrazine groups is 1. The highest BCUT2D eigenvalue weighted by atomic mass is 19.1. The number of ether oxygens (including phenoxy) is 2. The Morgan fingerprint density at radius 3 is 2.28 bits per heavy atom. The molecule has 0 fully saturated rings. The first-order valence-corrected chi connectivity index (χ1v) is 7.60. The Kier molecular flexibility index (Phi) is 6.47. The highest BCUT2D eigenvalue weighted by molar-refractivity contribution is 5.95. The molecule has 0 heterocycles. The van der Waals surface area contributed by atoms with Crippen molar-refractivity contribution in [2.75, 3.05) is 7.11 Å². The van der Waals surface area contributed by atoms with Gasteiger partial charge >= 0.3 is 0 Å². The molecular weight excluding hydrogens is 327 g/mol. The molecule has 0 aliphatic rings. The van der Waals surface area contributed by atoms with E-state index in [0.717, 1.165) is 5.56 Å². The van der Waals surface area contributed by atoms with Crippen molar-refractivity contribution in [1.82, 2.24) is 10.9 Å². The van der Waals surface area contributed by atoms with Crippen LogP contribution in [0.5, 0.6) is 5.75 Å². The Morgan fingerprint density at radius 2 is 1.68 bits per heavy atom. The Labute approximate surface area is 144 Å². The van der Waals surface area contributed by atoms with Gasteiger partial charge in [-0.1, -0.05) is 12.1 Å². The molecule has 0 spiro atoms. The van der Waals surface area contributed by atoms with Gasteiger partial charge in [-0.2, -0.15) is 0 Å². The van der Waals surface area contributed by atoms with E-state index in [9.17, 15) is 14.0 Å². The first-order chi connectivity index (χ1) is 12.0. The van der Waals surface area contributed by atoms with Gasteiger partial charge in [0.15, 0.2) is 6.10 Å². The van der Waals surface area contributed by atoms with Crippen molar-refractivity contribution in [3.05, 3.63) is 65.5 Å². The summed E-state index contributed by atoms with van der Waals surface area (Å²) in [6.45, 7) is 1.97. The molecule has 25 heavy (non-hydrogen) atoms. The standard InChI is InChI=1S/C18H19FN2O4/c1-12(25-16-9-7-15(19)8-10-16)17(22)20-21-18(23)14-5-3-13(4-6-14)11-24-2/h3-10,12H,11H2,1-2H3,(H,20,22)(H,21,23). The third kappa shape index (κ3) is 5.58. The van der Waals surface area contributed by atoms with Crippen LogP contribution in [0.15, 0.2) is 48.5 Å². The minimum atomic E-state index is -0.866. The maximum absolute atomic E-state index is 12.8. The minimum absolute atomic E-state index is 0.351. The van der Waals surface area contributed by atoms with Crippen LogP contribution >= 0.6 is 0 Å². The van der Waals surface area contributed by atoms with E-state index in [1.807, 2.05) is 0 Å². The van der Waals surface area contributed by atoms with Gasteiger partial charge in [-0.25, -0.2) is 4.39 Å². The van der Waals surface area contributed by atoms with Gasteiger partial charge in [-0.05, 0) is 48.9 Å². The van der Waals surface area contributed by atoms with Crippen molar-refractivity contribution < 1.29 is 23.5 Å². The zero-order chi connectivity index (χ0) is 18.2. The zero-order valence-electron chi connectivity index (χ0n) is 13.9. The number of hydrogen-bond donors (Lipinski definition) is 2. The molecule has 1 atom stereocenters. The maximum atomic E-state index is 12.8. The third-order valence-corrected chi connectivity index (χ3v) is 3.32. The molecule has 6 nitrogen and oxygen atoms in total. The summed E-state index contributed by atoms with van der Waals surface area (Å²) in [6.07, 6.45) is -0.866. The fraction of sp³-hybridized carbons (Fsp3) is 0.222. The second-order valence-electron chi connectivity index (χ2n) is 5.29. The van der Waals surface area contributed by atoms with Crippen LogP contribution in [-0.2, 0) is 16.1 Å². The number of carbonyl (C=O) groups is 2.